The number of nitrogens with two attached hydrogens (primary N) is 2. The fourth-order valence-electron chi connectivity index (χ4n) is 3.29. The van der Waals surface area contributed by atoms with Gasteiger partial charge in [-0.15, -0.1) is 0 Å². The first-order valence-corrected chi connectivity index (χ1v) is 9.94. The average Bonchev–Trinajstić information content (AvgIpc) is 2.76. The molecule has 0 aromatic rings. The minimum absolute atomic E-state index is 0.103. The zero-order chi connectivity index (χ0) is 24.0. The van der Waals surface area contributed by atoms with Crippen molar-refractivity contribution >= 4 is 35.6 Å². The van der Waals surface area contributed by atoms with Gasteiger partial charge in [-0.1, -0.05) is 0 Å². The Kier molecular flexibility index (Phi) is 8.77. The van der Waals surface area contributed by atoms with Gasteiger partial charge in [-0.2, -0.15) is 0 Å². The molecule has 0 saturated carbocycles. The molecule has 4 amide bonds. The van der Waals surface area contributed by atoms with E-state index in [0.29, 0.717) is 0 Å². The summed E-state index contributed by atoms with van der Waals surface area (Å²) in [5, 5.41) is 0. The highest BCUT2D eigenvalue weighted by atomic mass is 16.6. The Hall–Kier alpha value is -2.94. The molecule has 32 heavy (non-hydrogen) atoms. The quantitative estimate of drug-likeness (QED) is 0.253. The first-order valence-electron chi connectivity index (χ1n) is 9.94. The predicted octanol–water partition coefficient (Wildman–Crippen LogP) is -3.98. The molecule has 14 heteroatoms. The van der Waals surface area contributed by atoms with Gasteiger partial charge in [-0.3, -0.25) is 38.6 Å². The summed E-state index contributed by atoms with van der Waals surface area (Å²) in [5.41, 5.74) is 10.3. The SMILES string of the molecule is CC(C(C)N1CC(=O)N(COC(=O)CN)C(=O)C1)N1CC(=O)N(COC(=O)CN)C(=O)C1. The third-order valence-corrected chi connectivity index (χ3v) is 5.45. The zero-order valence-electron chi connectivity index (χ0n) is 18.0. The van der Waals surface area contributed by atoms with Gasteiger partial charge in [0.2, 0.25) is 23.6 Å². The molecule has 0 spiro atoms. The second kappa shape index (κ2) is 11.1. The van der Waals surface area contributed by atoms with Gasteiger partial charge in [-0.25, -0.2) is 9.80 Å². The number of carbonyl (C=O) groups excluding carboxylic acids is 6. The third-order valence-electron chi connectivity index (χ3n) is 5.45. The number of amides is 4. The number of nitrogens with zero attached hydrogens (tertiary/aromatic N) is 4. The number of hydrogen-bond donors (Lipinski definition) is 2. The smallest absolute Gasteiger partial charge is 0.321 e. The van der Waals surface area contributed by atoms with Crippen molar-refractivity contribution in [2.45, 2.75) is 25.9 Å². The third kappa shape index (κ3) is 6.06. The van der Waals surface area contributed by atoms with Crippen LogP contribution in [-0.4, -0.2) is 120 Å². The molecule has 2 rings (SSSR count). The highest BCUT2D eigenvalue weighted by molar-refractivity contribution is 6.00. The molecule has 0 aliphatic carbocycles. The van der Waals surface area contributed by atoms with E-state index >= 15 is 0 Å². The van der Waals surface area contributed by atoms with Gasteiger partial charge >= 0.3 is 11.9 Å². The molecule has 0 aromatic heterocycles. The second-order valence-electron chi connectivity index (χ2n) is 7.42. The molecular formula is C18H28N6O8. The fraction of sp³-hybridized carbons (Fsp3) is 0.667. The molecule has 14 nitrogen and oxygen atoms in total. The van der Waals surface area contributed by atoms with Crippen LogP contribution in [0, 0.1) is 0 Å². The lowest BCUT2D eigenvalue weighted by Crippen LogP contribution is -2.63. The second-order valence-corrected chi connectivity index (χ2v) is 7.42. The van der Waals surface area contributed by atoms with Crippen molar-refractivity contribution in [2.75, 3.05) is 52.7 Å². The number of piperazine rings is 2. The van der Waals surface area contributed by atoms with Crippen LogP contribution in [0.15, 0.2) is 0 Å². The fourth-order valence-corrected chi connectivity index (χ4v) is 3.29. The van der Waals surface area contributed by atoms with Crippen LogP contribution >= 0.6 is 0 Å². The van der Waals surface area contributed by atoms with E-state index in [1.807, 2.05) is 0 Å². The van der Waals surface area contributed by atoms with Crippen LogP contribution in [0.25, 0.3) is 0 Å². The van der Waals surface area contributed by atoms with E-state index in [1.54, 1.807) is 23.6 Å². The Labute approximate surface area is 184 Å². The molecule has 0 bridgehead atoms. The molecule has 2 atom stereocenters. The van der Waals surface area contributed by atoms with Gasteiger partial charge in [-0.05, 0) is 13.8 Å². The van der Waals surface area contributed by atoms with Crippen LogP contribution in [0.2, 0.25) is 0 Å². The number of ether oxygens (including phenoxy) is 2. The van der Waals surface area contributed by atoms with E-state index in [9.17, 15) is 28.8 Å². The molecule has 2 aliphatic heterocycles. The molecule has 0 radical (unpaired) electrons. The van der Waals surface area contributed by atoms with Crippen molar-refractivity contribution in [3.63, 3.8) is 0 Å². The van der Waals surface area contributed by atoms with E-state index < -0.39 is 49.0 Å². The van der Waals surface area contributed by atoms with Gasteiger partial charge in [0.1, 0.15) is 0 Å². The van der Waals surface area contributed by atoms with Gasteiger partial charge in [0.25, 0.3) is 0 Å². The van der Waals surface area contributed by atoms with E-state index in [2.05, 4.69) is 0 Å². The summed E-state index contributed by atoms with van der Waals surface area (Å²) in [5.74, 6) is -3.62. The minimum Gasteiger partial charge on any atom is -0.443 e. The van der Waals surface area contributed by atoms with Crippen LogP contribution in [0.4, 0.5) is 0 Å². The maximum absolute atomic E-state index is 12.4. The summed E-state index contributed by atoms with van der Waals surface area (Å²) in [6, 6.07) is -0.724. The Balaban J connectivity index is 1.94. The average molecular weight is 456 g/mol. The van der Waals surface area contributed by atoms with Crippen molar-refractivity contribution in [1.82, 2.24) is 19.6 Å². The summed E-state index contributed by atoms with van der Waals surface area (Å²) in [4.78, 5) is 76.8. The summed E-state index contributed by atoms with van der Waals surface area (Å²) in [7, 11) is 0. The molecule has 178 valence electrons. The van der Waals surface area contributed by atoms with Crippen LogP contribution < -0.4 is 11.5 Å². The maximum Gasteiger partial charge on any atom is 0.321 e. The Bertz CT molecular complexity index is 689. The highest BCUT2D eigenvalue weighted by Crippen LogP contribution is 2.18. The highest BCUT2D eigenvalue weighted by Gasteiger charge is 2.39. The van der Waals surface area contributed by atoms with Crippen molar-refractivity contribution in [3.8, 4) is 0 Å². The molecule has 4 N–H and O–H groups in total. The van der Waals surface area contributed by atoms with Crippen molar-refractivity contribution in [2.24, 2.45) is 11.5 Å². The predicted molar refractivity (Wildman–Crippen MR) is 106 cm³/mol. The number of carbonyl (C=O) groups is 6. The Morgan fingerprint density at radius 2 is 1.00 bits per heavy atom. The molecule has 2 heterocycles. The molecule has 2 saturated heterocycles. The molecule has 2 unspecified atom stereocenters. The zero-order valence-corrected chi connectivity index (χ0v) is 18.0. The maximum atomic E-state index is 12.4. The largest absolute Gasteiger partial charge is 0.443 e. The number of imide groups is 2. The van der Waals surface area contributed by atoms with E-state index in [0.717, 1.165) is 9.80 Å². The molecular weight excluding hydrogens is 428 g/mol. The molecule has 2 fully saturated rings. The van der Waals surface area contributed by atoms with Crippen molar-refractivity contribution < 1.29 is 38.2 Å². The van der Waals surface area contributed by atoms with Gasteiger partial charge in [0.05, 0.1) is 39.3 Å². The lowest BCUT2D eigenvalue weighted by molar-refractivity contribution is -0.168. The summed E-state index contributed by atoms with van der Waals surface area (Å²) in [6.07, 6.45) is 0. The van der Waals surface area contributed by atoms with E-state index in [1.165, 1.54) is 0 Å². The summed E-state index contributed by atoms with van der Waals surface area (Å²) in [6.45, 7) is 1.43. The van der Waals surface area contributed by atoms with Crippen molar-refractivity contribution in [1.29, 1.82) is 0 Å². The van der Waals surface area contributed by atoms with Crippen LogP contribution in [-0.2, 0) is 38.2 Å². The number of rotatable bonds is 9. The van der Waals surface area contributed by atoms with Crippen LogP contribution in [0.3, 0.4) is 0 Å². The first-order chi connectivity index (χ1) is 15.1. The summed E-state index contributed by atoms with van der Waals surface area (Å²) < 4.78 is 9.52. The lowest BCUT2D eigenvalue weighted by atomic mass is 10.1. The standard InChI is InChI=1S/C18H28N6O8/c1-11(21-5-13(25)23(14(26)6-21)9-31-17(29)3-19)12(2)22-7-15(27)24(16(28)8-22)10-32-18(30)4-20/h11-12H,3-10,19-20H2,1-2H3. The number of esters is 2. The molecule has 0 aromatic carbocycles. The van der Waals surface area contributed by atoms with E-state index in [-0.39, 0.29) is 51.4 Å². The minimum atomic E-state index is -0.735. The Morgan fingerprint density at radius 1 is 0.719 bits per heavy atom. The van der Waals surface area contributed by atoms with Crippen LogP contribution in [0.1, 0.15) is 13.8 Å². The first kappa shape index (κ1) is 25.3. The normalized spacial score (nSPS) is 20.4. The van der Waals surface area contributed by atoms with Gasteiger partial charge in [0, 0.05) is 12.1 Å². The summed E-state index contributed by atoms with van der Waals surface area (Å²) >= 11 is 0. The van der Waals surface area contributed by atoms with E-state index in [4.69, 9.17) is 20.9 Å². The van der Waals surface area contributed by atoms with Gasteiger partial charge in [0.15, 0.2) is 13.5 Å². The lowest BCUT2D eigenvalue weighted by Gasteiger charge is -2.43. The monoisotopic (exact) mass is 456 g/mol. The Morgan fingerprint density at radius 3 is 1.25 bits per heavy atom. The number of hydrogen-bond acceptors (Lipinski definition) is 12. The van der Waals surface area contributed by atoms with Crippen molar-refractivity contribution in [3.05, 3.63) is 0 Å². The van der Waals surface area contributed by atoms with Crippen LogP contribution in [0.5, 0.6) is 0 Å². The molecule has 2 aliphatic rings. The van der Waals surface area contributed by atoms with Gasteiger partial charge < -0.3 is 20.9 Å². The topological polar surface area (TPSA) is 186 Å².